The molecule has 2 rings (SSSR count). The van der Waals surface area contributed by atoms with Gasteiger partial charge in [-0.05, 0) is 55.5 Å². The molecule has 0 spiro atoms. The molecule has 2 aromatic rings. The molecular weight excluding hydrogens is 314 g/mol. The smallest absolute Gasteiger partial charge is 0.250 e. The molecule has 0 aliphatic rings. The fourth-order valence-corrected chi connectivity index (χ4v) is 2.62. The van der Waals surface area contributed by atoms with Crippen molar-refractivity contribution in [3.05, 3.63) is 52.7 Å². The zero-order chi connectivity index (χ0) is 18.4. The fourth-order valence-electron chi connectivity index (χ4n) is 2.62. The molecule has 5 heteroatoms. The van der Waals surface area contributed by atoms with Crippen LogP contribution in [0.3, 0.4) is 0 Å². The van der Waals surface area contributed by atoms with Crippen molar-refractivity contribution in [3.8, 4) is 11.6 Å². The van der Waals surface area contributed by atoms with Crippen molar-refractivity contribution in [2.45, 2.75) is 40.7 Å². The number of hydrogen-bond donors (Lipinski definition) is 2. The predicted octanol–water partition coefficient (Wildman–Crippen LogP) is 3.73. The number of carbonyl (C=O) groups excluding carboxylic acids is 1. The van der Waals surface area contributed by atoms with Crippen molar-refractivity contribution in [2.24, 2.45) is 11.7 Å². The van der Waals surface area contributed by atoms with E-state index in [-0.39, 0.29) is 0 Å². The van der Waals surface area contributed by atoms with Crippen LogP contribution < -0.4 is 15.8 Å². The number of amides is 1. The first-order valence-corrected chi connectivity index (χ1v) is 8.61. The first-order chi connectivity index (χ1) is 11.9. The lowest BCUT2D eigenvalue weighted by atomic mass is 10.1. The van der Waals surface area contributed by atoms with Gasteiger partial charge in [-0.25, -0.2) is 4.98 Å². The van der Waals surface area contributed by atoms with Crippen molar-refractivity contribution in [3.63, 3.8) is 0 Å². The third kappa shape index (κ3) is 5.57. The highest BCUT2D eigenvalue weighted by Gasteiger charge is 2.09. The molecule has 134 valence electrons. The number of benzene rings is 1. The first kappa shape index (κ1) is 18.9. The number of rotatable bonds is 8. The Bertz CT molecular complexity index is 701. The third-order valence-electron chi connectivity index (χ3n) is 3.98. The third-order valence-corrected chi connectivity index (χ3v) is 3.98. The molecule has 0 bridgehead atoms. The summed E-state index contributed by atoms with van der Waals surface area (Å²) < 4.78 is 5.90. The number of aryl methyl sites for hydroxylation is 2. The second kappa shape index (κ2) is 8.62. The molecule has 3 N–H and O–H groups in total. The normalized spacial score (nSPS) is 10.9. The van der Waals surface area contributed by atoms with Gasteiger partial charge in [0.1, 0.15) is 5.75 Å². The number of primary amides is 1. The summed E-state index contributed by atoms with van der Waals surface area (Å²) in [5.41, 5.74) is 8.94. The van der Waals surface area contributed by atoms with Gasteiger partial charge in [-0.3, -0.25) is 4.79 Å². The number of nitrogens with zero attached hydrogens (tertiary/aromatic N) is 1. The van der Waals surface area contributed by atoms with Crippen LogP contribution in [-0.4, -0.2) is 17.4 Å². The molecule has 0 radical (unpaired) electrons. The minimum absolute atomic E-state index is 0.364. The van der Waals surface area contributed by atoms with Crippen LogP contribution in [0.25, 0.3) is 0 Å². The van der Waals surface area contributed by atoms with E-state index < -0.39 is 5.91 Å². The largest absolute Gasteiger partial charge is 0.438 e. The zero-order valence-corrected chi connectivity index (χ0v) is 15.4. The molecule has 0 saturated heterocycles. The Hall–Kier alpha value is -2.40. The Labute approximate surface area is 149 Å². The van der Waals surface area contributed by atoms with E-state index in [9.17, 15) is 4.79 Å². The molecule has 0 fully saturated rings. The van der Waals surface area contributed by atoms with Gasteiger partial charge in [0.05, 0.1) is 5.56 Å². The van der Waals surface area contributed by atoms with Crippen molar-refractivity contribution in [2.75, 3.05) is 6.54 Å². The Balaban J connectivity index is 2.05. The van der Waals surface area contributed by atoms with Crippen LogP contribution in [0, 0.1) is 19.8 Å². The van der Waals surface area contributed by atoms with Crippen LogP contribution >= 0.6 is 0 Å². The summed E-state index contributed by atoms with van der Waals surface area (Å²) in [6, 6.07) is 7.52. The Morgan fingerprint density at radius 3 is 2.44 bits per heavy atom. The molecule has 0 aliphatic heterocycles. The van der Waals surface area contributed by atoms with E-state index in [0.29, 0.717) is 17.4 Å². The van der Waals surface area contributed by atoms with Crippen LogP contribution in [0.1, 0.15) is 47.3 Å². The van der Waals surface area contributed by atoms with E-state index >= 15 is 0 Å². The molecule has 5 nitrogen and oxygen atoms in total. The number of aromatic nitrogens is 1. The van der Waals surface area contributed by atoms with Gasteiger partial charge < -0.3 is 15.8 Å². The van der Waals surface area contributed by atoms with Crippen LogP contribution in [0.5, 0.6) is 11.6 Å². The topological polar surface area (TPSA) is 77.2 Å². The second-order valence-corrected chi connectivity index (χ2v) is 6.77. The highest BCUT2D eigenvalue weighted by Crippen LogP contribution is 2.29. The summed E-state index contributed by atoms with van der Waals surface area (Å²) >= 11 is 0. The lowest BCUT2D eigenvalue weighted by Crippen LogP contribution is -2.16. The molecule has 1 amide bonds. The standard InChI is InChI=1S/C20H27N3O2/c1-13(2)7-8-22-11-16-9-14(3)19(15(4)10-16)25-18-6-5-17(12-23-18)20(21)24/h5-6,9-10,12-13,22H,7-8,11H2,1-4H3,(H2,21,24). The molecule has 0 unspecified atom stereocenters. The Morgan fingerprint density at radius 1 is 1.24 bits per heavy atom. The van der Waals surface area contributed by atoms with Crippen LogP contribution in [-0.2, 0) is 6.54 Å². The van der Waals surface area contributed by atoms with Gasteiger partial charge >= 0.3 is 0 Å². The molecule has 1 aromatic heterocycles. The van der Waals surface area contributed by atoms with Gasteiger partial charge in [-0.1, -0.05) is 26.0 Å². The lowest BCUT2D eigenvalue weighted by Gasteiger charge is -2.14. The molecule has 1 heterocycles. The average molecular weight is 341 g/mol. The molecule has 0 aliphatic carbocycles. The van der Waals surface area contributed by atoms with E-state index in [1.165, 1.54) is 18.2 Å². The number of nitrogens with one attached hydrogen (secondary N) is 1. The van der Waals surface area contributed by atoms with Crippen LogP contribution in [0.4, 0.5) is 0 Å². The maximum Gasteiger partial charge on any atom is 0.250 e. The SMILES string of the molecule is Cc1cc(CNCCC(C)C)cc(C)c1Oc1ccc(C(N)=O)cn1. The van der Waals surface area contributed by atoms with Gasteiger partial charge in [0, 0.05) is 18.8 Å². The summed E-state index contributed by atoms with van der Waals surface area (Å²) in [7, 11) is 0. The van der Waals surface area contributed by atoms with Crippen LogP contribution in [0.15, 0.2) is 30.5 Å². The van der Waals surface area contributed by atoms with Gasteiger partial charge in [0.15, 0.2) is 0 Å². The number of nitrogens with two attached hydrogens (primary N) is 1. The molecule has 25 heavy (non-hydrogen) atoms. The summed E-state index contributed by atoms with van der Waals surface area (Å²) in [5, 5.41) is 3.48. The second-order valence-electron chi connectivity index (χ2n) is 6.77. The lowest BCUT2D eigenvalue weighted by molar-refractivity contribution is 0.1000. The summed E-state index contributed by atoms with van der Waals surface area (Å²) in [5.74, 6) is 1.45. The fraction of sp³-hybridized carbons (Fsp3) is 0.400. The van der Waals surface area contributed by atoms with Gasteiger partial charge in [0.25, 0.3) is 0 Å². The summed E-state index contributed by atoms with van der Waals surface area (Å²) in [6.07, 6.45) is 2.60. The van der Waals surface area contributed by atoms with E-state index in [2.05, 4.69) is 36.3 Å². The van der Waals surface area contributed by atoms with Crippen molar-refractivity contribution in [1.82, 2.24) is 10.3 Å². The summed E-state index contributed by atoms with van der Waals surface area (Å²) in [6.45, 7) is 10.4. The average Bonchev–Trinajstić information content (AvgIpc) is 2.55. The van der Waals surface area contributed by atoms with Crippen molar-refractivity contribution < 1.29 is 9.53 Å². The molecular formula is C20H27N3O2. The predicted molar refractivity (Wildman–Crippen MR) is 99.9 cm³/mol. The minimum Gasteiger partial charge on any atom is -0.438 e. The van der Waals surface area contributed by atoms with Gasteiger partial charge in [-0.15, -0.1) is 0 Å². The summed E-state index contributed by atoms with van der Waals surface area (Å²) in [4.78, 5) is 15.2. The van der Waals surface area contributed by atoms with Gasteiger partial charge in [-0.2, -0.15) is 0 Å². The van der Waals surface area contributed by atoms with Crippen molar-refractivity contribution >= 4 is 5.91 Å². The number of carbonyl (C=O) groups is 1. The highest BCUT2D eigenvalue weighted by molar-refractivity contribution is 5.92. The molecule has 0 saturated carbocycles. The van der Waals surface area contributed by atoms with Crippen LogP contribution in [0.2, 0.25) is 0 Å². The van der Waals surface area contributed by atoms with Crippen molar-refractivity contribution in [1.29, 1.82) is 0 Å². The van der Waals surface area contributed by atoms with E-state index in [0.717, 1.165) is 30.0 Å². The quantitative estimate of drug-likeness (QED) is 0.717. The number of ether oxygens (including phenoxy) is 1. The monoisotopic (exact) mass is 341 g/mol. The molecule has 1 aromatic carbocycles. The minimum atomic E-state index is -0.499. The van der Waals surface area contributed by atoms with E-state index in [1.54, 1.807) is 12.1 Å². The number of hydrogen-bond acceptors (Lipinski definition) is 4. The maximum absolute atomic E-state index is 11.1. The zero-order valence-electron chi connectivity index (χ0n) is 15.4. The van der Waals surface area contributed by atoms with Gasteiger partial charge in [0.2, 0.25) is 11.8 Å². The van der Waals surface area contributed by atoms with E-state index in [1.807, 2.05) is 13.8 Å². The molecule has 0 atom stereocenters. The highest BCUT2D eigenvalue weighted by atomic mass is 16.5. The first-order valence-electron chi connectivity index (χ1n) is 8.61. The Morgan fingerprint density at radius 2 is 1.92 bits per heavy atom. The Kier molecular flexibility index (Phi) is 6.53. The van der Waals surface area contributed by atoms with E-state index in [4.69, 9.17) is 10.5 Å². The number of pyridine rings is 1. The maximum atomic E-state index is 11.1.